The molecule has 0 fully saturated rings. The van der Waals surface area contributed by atoms with Gasteiger partial charge in [-0.3, -0.25) is 14.2 Å². The van der Waals surface area contributed by atoms with Gasteiger partial charge in [0.05, 0.1) is 17.9 Å². The molecule has 0 saturated heterocycles. The molecule has 8 heteroatoms. The Bertz CT molecular complexity index is 1120. The number of carbonyl (C=O) groups excluding carboxylic acids is 1. The molecule has 144 valence electrons. The Morgan fingerprint density at radius 1 is 1.32 bits per heavy atom. The molecule has 3 aromatic rings. The van der Waals surface area contributed by atoms with Crippen LogP contribution in [0.5, 0.6) is 0 Å². The topological polar surface area (TPSA) is 76.3 Å². The second-order valence-electron chi connectivity index (χ2n) is 6.81. The van der Waals surface area contributed by atoms with Gasteiger partial charge in [0, 0.05) is 9.35 Å². The largest absolute Gasteiger partial charge is 0.286 e. The molecule has 1 aromatic carbocycles. The van der Waals surface area contributed by atoms with Gasteiger partial charge in [-0.2, -0.15) is 5.10 Å². The van der Waals surface area contributed by atoms with Crippen LogP contribution in [0.25, 0.3) is 10.2 Å². The minimum absolute atomic E-state index is 0.149. The van der Waals surface area contributed by atoms with E-state index in [4.69, 9.17) is 0 Å². The van der Waals surface area contributed by atoms with E-state index < -0.39 is 6.04 Å². The summed E-state index contributed by atoms with van der Waals surface area (Å²) in [4.78, 5) is 32.0. The van der Waals surface area contributed by atoms with Gasteiger partial charge in [-0.15, -0.1) is 11.3 Å². The standard InChI is InChI=1S/C20H19BrN4O2S/c1-12(18(26)24-23-10-13-6-8-14(21)9-7-13)25-11-22-19-17(20(25)27)15-4-2-3-5-16(15)28-19/h6-12H,2-5H2,1H3,(H,24,26)/b23-10+/t12-/m0/s1. The molecule has 1 amide bonds. The SMILES string of the molecule is C[C@@H](C(=O)N/N=C/c1ccc(Br)cc1)n1cnc2sc3c(c2c1=O)CCCC3. The Morgan fingerprint density at radius 3 is 2.86 bits per heavy atom. The highest BCUT2D eigenvalue weighted by Gasteiger charge is 2.23. The van der Waals surface area contributed by atoms with Crippen molar-refractivity contribution in [2.24, 2.45) is 5.10 Å². The maximum absolute atomic E-state index is 13.0. The molecule has 0 aliphatic heterocycles. The maximum Gasteiger partial charge on any atom is 0.263 e. The third-order valence-electron chi connectivity index (χ3n) is 4.96. The molecule has 0 saturated carbocycles. The monoisotopic (exact) mass is 458 g/mol. The Kier molecular flexibility index (Phi) is 5.41. The van der Waals surface area contributed by atoms with Crippen LogP contribution in [0.15, 0.2) is 45.0 Å². The number of nitrogens with one attached hydrogen (secondary N) is 1. The van der Waals surface area contributed by atoms with Crippen LogP contribution in [0.2, 0.25) is 0 Å². The fourth-order valence-corrected chi connectivity index (χ4v) is 4.86. The van der Waals surface area contributed by atoms with Crippen LogP contribution in [0.3, 0.4) is 0 Å². The van der Waals surface area contributed by atoms with E-state index in [-0.39, 0.29) is 11.5 Å². The van der Waals surface area contributed by atoms with Gasteiger partial charge in [-0.05, 0) is 55.9 Å². The first-order valence-electron chi connectivity index (χ1n) is 9.14. The molecule has 1 aliphatic rings. The lowest BCUT2D eigenvalue weighted by Gasteiger charge is -2.14. The van der Waals surface area contributed by atoms with Gasteiger partial charge < -0.3 is 0 Å². The molecule has 1 atom stereocenters. The molecule has 28 heavy (non-hydrogen) atoms. The summed E-state index contributed by atoms with van der Waals surface area (Å²) in [6, 6.07) is 6.85. The van der Waals surface area contributed by atoms with E-state index in [0.29, 0.717) is 5.39 Å². The smallest absolute Gasteiger partial charge is 0.263 e. The van der Waals surface area contributed by atoms with Crippen LogP contribution in [0, 0.1) is 0 Å². The lowest BCUT2D eigenvalue weighted by molar-refractivity contribution is -0.123. The second-order valence-corrected chi connectivity index (χ2v) is 8.81. The van der Waals surface area contributed by atoms with Crippen LogP contribution >= 0.6 is 27.3 Å². The number of hydrogen-bond acceptors (Lipinski definition) is 5. The van der Waals surface area contributed by atoms with Crippen molar-refractivity contribution in [2.75, 3.05) is 0 Å². The zero-order valence-electron chi connectivity index (χ0n) is 15.3. The summed E-state index contributed by atoms with van der Waals surface area (Å²) >= 11 is 4.98. The summed E-state index contributed by atoms with van der Waals surface area (Å²) in [6.45, 7) is 1.68. The van der Waals surface area contributed by atoms with E-state index >= 15 is 0 Å². The lowest BCUT2D eigenvalue weighted by Crippen LogP contribution is -2.34. The number of amides is 1. The van der Waals surface area contributed by atoms with Crippen LogP contribution in [0.4, 0.5) is 0 Å². The highest BCUT2D eigenvalue weighted by molar-refractivity contribution is 9.10. The molecule has 0 spiro atoms. The lowest BCUT2D eigenvalue weighted by atomic mass is 9.97. The van der Waals surface area contributed by atoms with Crippen molar-refractivity contribution in [3.05, 3.63) is 61.4 Å². The maximum atomic E-state index is 13.0. The minimum Gasteiger partial charge on any atom is -0.286 e. The van der Waals surface area contributed by atoms with Crippen molar-refractivity contribution in [3.8, 4) is 0 Å². The first-order valence-corrected chi connectivity index (χ1v) is 10.8. The van der Waals surface area contributed by atoms with Crippen LogP contribution < -0.4 is 11.0 Å². The first kappa shape index (κ1) is 19.0. The molecule has 0 unspecified atom stereocenters. The van der Waals surface area contributed by atoms with Crippen LogP contribution in [-0.4, -0.2) is 21.7 Å². The zero-order chi connectivity index (χ0) is 19.7. The quantitative estimate of drug-likeness (QED) is 0.476. The summed E-state index contributed by atoms with van der Waals surface area (Å²) in [5.41, 5.74) is 4.35. The van der Waals surface area contributed by atoms with Gasteiger partial charge in [0.2, 0.25) is 0 Å². The summed E-state index contributed by atoms with van der Waals surface area (Å²) in [7, 11) is 0. The number of fused-ring (bicyclic) bond motifs is 3. The van der Waals surface area contributed by atoms with Crippen molar-refractivity contribution < 1.29 is 4.79 Å². The minimum atomic E-state index is -0.703. The summed E-state index contributed by atoms with van der Waals surface area (Å²) in [6.07, 6.45) is 7.20. The number of hydrogen-bond donors (Lipinski definition) is 1. The third kappa shape index (κ3) is 3.66. The van der Waals surface area contributed by atoms with Gasteiger partial charge in [-0.25, -0.2) is 10.4 Å². The van der Waals surface area contributed by atoms with Crippen LogP contribution in [-0.2, 0) is 17.6 Å². The molecule has 2 heterocycles. The zero-order valence-corrected chi connectivity index (χ0v) is 17.7. The Balaban J connectivity index is 1.55. The normalized spacial score (nSPS) is 14.9. The third-order valence-corrected chi connectivity index (χ3v) is 6.68. The van der Waals surface area contributed by atoms with E-state index in [9.17, 15) is 9.59 Å². The fraction of sp³-hybridized carbons (Fsp3) is 0.300. The molecule has 4 rings (SSSR count). The van der Waals surface area contributed by atoms with E-state index in [1.165, 1.54) is 15.8 Å². The number of halogens is 1. The predicted molar refractivity (Wildman–Crippen MR) is 115 cm³/mol. The number of aryl methyl sites for hydroxylation is 2. The molecule has 2 aromatic heterocycles. The Labute approximate surface area is 174 Å². The molecule has 1 aliphatic carbocycles. The van der Waals surface area contributed by atoms with Crippen LogP contribution in [0.1, 0.15) is 41.8 Å². The van der Waals surface area contributed by atoms with Gasteiger partial charge >= 0.3 is 0 Å². The first-order chi connectivity index (χ1) is 13.5. The number of hydrazone groups is 1. The highest BCUT2D eigenvalue weighted by atomic mass is 79.9. The number of aromatic nitrogens is 2. The fourth-order valence-electron chi connectivity index (χ4n) is 3.37. The van der Waals surface area contributed by atoms with Crippen molar-refractivity contribution in [2.45, 2.75) is 38.6 Å². The molecule has 6 nitrogen and oxygen atoms in total. The van der Waals surface area contributed by atoms with Crippen molar-refractivity contribution in [1.82, 2.24) is 15.0 Å². The molecule has 1 N–H and O–H groups in total. The number of rotatable bonds is 4. The average Bonchev–Trinajstić information content (AvgIpc) is 3.08. The Hall–Kier alpha value is -2.32. The van der Waals surface area contributed by atoms with E-state index in [1.807, 2.05) is 24.3 Å². The van der Waals surface area contributed by atoms with Crippen molar-refractivity contribution in [1.29, 1.82) is 0 Å². The molecular weight excluding hydrogens is 440 g/mol. The summed E-state index contributed by atoms with van der Waals surface area (Å²) in [5, 5.41) is 4.68. The molecular formula is C20H19BrN4O2S. The number of thiophene rings is 1. The van der Waals surface area contributed by atoms with E-state index in [2.05, 4.69) is 31.4 Å². The second kappa shape index (κ2) is 7.97. The van der Waals surface area contributed by atoms with Gasteiger partial charge in [0.25, 0.3) is 11.5 Å². The number of benzene rings is 1. The summed E-state index contributed by atoms with van der Waals surface area (Å²) in [5.74, 6) is -0.360. The van der Waals surface area contributed by atoms with Gasteiger partial charge in [0.15, 0.2) is 0 Å². The average molecular weight is 459 g/mol. The van der Waals surface area contributed by atoms with E-state index in [1.54, 1.807) is 24.5 Å². The van der Waals surface area contributed by atoms with Gasteiger partial charge in [-0.1, -0.05) is 28.1 Å². The highest BCUT2D eigenvalue weighted by Crippen LogP contribution is 2.33. The molecule has 0 bridgehead atoms. The predicted octanol–water partition coefficient (Wildman–Crippen LogP) is 3.81. The molecule has 0 radical (unpaired) electrons. The van der Waals surface area contributed by atoms with Crippen molar-refractivity contribution in [3.63, 3.8) is 0 Å². The van der Waals surface area contributed by atoms with Crippen molar-refractivity contribution >= 4 is 49.6 Å². The van der Waals surface area contributed by atoms with Gasteiger partial charge in [0.1, 0.15) is 10.9 Å². The number of carbonyl (C=O) groups is 1. The Morgan fingerprint density at radius 2 is 2.07 bits per heavy atom. The summed E-state index contributed by atoms with van der Waals surface area (Å²) < 4.78 is 2.37. The van der Waals surface area contributed by atoms with E-state index in [0.717, 1.165) is 46.1 Å². The number of nitrogens with zero attached hydrogens (tertiary/aromatic N) is 3.